The Hall–Kier alpha value is -3.03. The van der Waals surface area contributed by atoms with E-state index in [1.165, 1.54) is 0 Å². The van der Waals surface area contributed by atoms with E-state index in [0.717, 1.165) is 37.4 Å². The van der Waals surface area contributed by atoms with Gasteiger partial charge >= 0.3 is 0 Å². The van der Waals surface area contributed by atoms with Gasteiger partial charge in [0.15, 0.2) is 11.7 Å². The van der Waals surface area contributed by atoms with Crippen molar-refractivity contribution in [1.29, 1.82) is 0 Å². The van der Waals surface area contributed by atoms with E-state index in [0.29, 0.717) is 24.3 Å². The van der Waals surface area contributed by atoms with Gasteiger partial charge < -0.3 is 25.7 Å². The van der Waals surface area contributed by atoms with Gasteiger partial charge in [0, 0.05) is 31.9 Å². The summed E-state index contributed by atoms with van der Waals surface area (Å²) in [5.41, 5.74) is 6.23. The van der Waals surface area contributed by atoms with Gasteiger partial charge in [-0.2, -0.15) is 0 Å². The summed E-state index contributed by atoms with van der Waals surface area (Å²) in [5, 5.41) is 6.65. The van der Waals surface area contributed by atoms with Crippen LogP contribution in [0.1, 0.15) is 34.9 Å². The normalized spacial score (nSPS) is 15.6. The number of aryl methyl sites for hydroxylation is 1. The number of hydrogen-bond acceptors (Lipinski definition) is 5. The molecule has 8 nitrogen and oxygen atoms in total. The molecule has 4 N–H and O–H groups in total. The van der Waals surface area contributed by atoms with E-state index in [2.05, 4.69) is 31.6 Å². The standard InChI is InChI=1S/C19H26N6O2/c1-13-4-3-5-17(23-13)25-10-8-14(9-11-25)24-19(21-2)22-12-15-6-7-16(27-15)18(20)26/h3-7,14H,8-12H2,1-2H3,(H2,20,26)(H2,21,22,24). The predicted octanol–water partition coefficient (Wildman–Crippen LogP) is 1.42. The van der Waals surface area contributed by atoms with Gasteiger partial charge in [-0.15, -0.1) is 0 Å². The predicted molar refractivity (Wildman–Crippen MR) is 105 cm³/mol. The molecule has 1 aliphatic rings. The number of piperidine rings is 1. The molecule has 0 radical (unpaired) electrons. The van der Waals surface area contributed by atoms with E-state index in [1.807, 2.05) is 19.1 Å². The Morgan fingerprint density at radius 2 is 2.11 bits per heavy atom. The summed E-state index contributed by atoms with van der Waals surface area (Å²) in [6.45, 7) is 4.34. The second-order valence-corrected chi connectivity index (χ2v) is 6.60. The van der Waals surface area contributed by atoms with Gasteiger partial charge in [0.05, 0.1) is 6.54 Å². The third kappa shape index (κ3) is 4.99. The largest absolute Gasteiger partial charge is 0.454 e. The lowest BCUT2D eigenvalue weighted by atomic mass is 10.1. The SMILES string of the molecule is CN=C(NCc1ccc(C(N)=O)o1)NC1CCN(c2cccc(C)n2)CC1. The Balaban J connectivity index is 1.47. The molecule has 144 valence electrons. The van der Waals surface area contributed by atoms with E-state index in [1.54, 1.807) is 19.2 Å². The average molecular weight is 370 g/mol. The number of nitrogens with zero attached hydrogens (tertiary/aromatic N) is 3. The topological polar surface area (TPSA) is 109 Å². The van der Waals surface area contributed by atoms with Crippen LogP contribution >= 0.6 is 0 Å². The number of rotatable bonds is 5. The lowest BCUT2D eigenvalue weighted by Gasteiger charge is -2.33. The molecular formula is C19H26N6O2. The highest BCUT2D eigenvalue weighted by atomic mass is 16.3. The summed E-state index contributed by atoms with van der Waals surface area (Å²) >= 11 is 0. The number of primary amides is 1. The van der Waals surface area contributed by atoms with Crippen molar-refractivity contribution >= 4 is 17.7 Å². The monoisotopic (exact) mass is 370 g/mol. The highest BCUT2D eigenvalue weighted by molar-refractivity contribution is 5.89. The van der Waals surface area contributed by atoms with Gasteiger partial charge in [-0.1, -0.05) is 6.07 Å². The molecule has 0 saturated carbocycles. The van der Waals surface area contributed by atoms with Gasteiger partial charge in [0.25, 0.3) is 5.91 Å². The number of guanidine groups is 1. The molecule has 0 aliphatic carbocycles. The fraction of sp³-hybridized carbons (Fsp3) is 0.421. The number of hydrogen-bond donors (Lipinski definition) is 3. The summed E-state index contributed by atoms with van der Waals surface area (Å²) < 4.78 is 5.37. The van der Waals surface area contributed by atoms with Crippen LogP contribution in [0.2, 0.25) is 0 Å². The molecule has 27 heavy (non-hydrogen) atoms. The minimum Gasteiger partial charge on any atom is -0.454 e. The molecule has 1 aliphatic heterocycles. The molecule has 0 bridgehead atoms. The van der Waals surface area contributed by atoms with E-state index < -0.39 is 5.91 Å². The summed E-state index contributed by atoms with van der Waals surface area (Å²) in [7, 11) is 1.73. The van der Waals surface area contributed by atoms with E-state index in [-0.39, 0.29) is 5.76 Å². The number of carbonyl (C=O) groups is 1. The second kappa shape index (κ2) is 8.57. The Morgan fingerprint density at radius 1 is 1.33 bits per heavy atom. The van der Waals surface area contributed by atoms with E-state index in [9.17, 15) is 4.79 Å². The minimum atomic E-state index is -0.571. The minimum absolute atomic E-state index is 0.159. The fourth-order valence-corrected chi connectivity index (χ4v) is 3.12. The maximum absolute atomic E-state index is 11.1. The number of aliphatic imine (C=N–C) groups is 1. The number of amides is 1. The highest BCUT2D eigenvalue weighted by Gasteiger charge is 2.21. The van der Waals surface area contributed by atoms with Crippen LogP contribution in [0.25, 0.3) is 0 Å². The van der Waals surface area contributed by atoms with Crippen LogP contribution in [-0.2, 0) is 6.54 Å². The van der Waals surface area contributed by atoms with Crippen molar-refractivity contribution in [2.24, 2.45) is 10.7 Å². The molecule has 2 aromatic rings. The van der Waals surface area contributed by atoms with Crippen LogP contribution < -0.4 is 21.3 Å². The van der Waals surface area contributed by atoms with Gasteiger partial charge in [0.1, 0.15) is 11.6 Å². The third-order valence-corrected chi connectivity index (χ3v) is 4.59. The van der Waals surface area contributed by atoms with Gasteiger partial charge in [-0.05, 0) is 44.0 Å². The number of anilines is 1. The number of nitrogens with two attached hydrogens (primary N) is 1. The van der Waals surface area contributed by atoms with Crippen molar-refractivity contribution in [3.63, 3.8) is 0 Å². The van der Waals surface area contributed by atoms with Gasteiger partial charge in [0.2, 0.25) is 0 Å². The zero-order valence-corrected chi connectivity index (χ0v) is 15.7. The number of nitrogens with one attached hydrogen (secondary N) is 2. The maximum atomic E-state index is 11.1. The molecule has 1 fully saturated rings. The molecule has 1 saturated heterocycles. The van der Waals surface area contributed by atoms with Crippen molar-refractivity contribution in [1.82, 2.24) is 15.6 Å². The smallest absolute Gasteiger partial charge is 0.284 e. The van der Waals surface area contributed by atoms with Crippen molar-refractivity contribution < 1.29 is 9.21 Å². The van der Waals surface area contributed by atoms with Crippen molar-refractivity contribution in [3.8, 4) is 0 Å². The zero-order chi connectivity index (χ0) is 19.2. The van der Waals surface area contributed by atoms with Crippen LogP contribution in [0.5, 0.6) is 0 Å². The number of aromatic nitrogens is 1. The molecule has 0 aromatic carbocycles. The number of pyridine rings is 1. The van der Waals surface area contributed by atoms with Crippen LogP contribution in [0, 0.1) is 6.92 Å². The molecule has 3 rings (SSSR count). The van der Waals surface area contributed by atoms with Crippen LogP contribution in [0.3, 0.4) is 0 Å². The lowest BCUT2D eigenvalue weighted by Crippen LogP contribution is -2.48. The molecule has 8 heteroatoms. The molecule has 0 unspecified atom stereocenters. The number of carbonyl (C=O) groups excluding carboxylic acids is 1. The maximum Gasteiger partial charge on any atom is 0.284 e. The summed E-state index contributed by atoms with van der Waals surface area (Å²) in [4.78, 5) is 22.3. The second-order valence-electron chi connectivity index (χ2n) is 6.60. The summed E-state index contributed by atoms with van der Waals surface area (Å²) in [6, 6.07) is 9.77. The molecular weight excluding hydrogens is 344 g/mol. The molecule has 2 aromatic heterocycles. The van der Waals surface area contributed by atoms with E-state index in [4.69, 9.17) is 10.2 Å². The third-order valence-electron chi connectivity index (χ3n) is 4.59. The fourth-order valence-electron chi connectivity index (χ4n) is 3.12. The van der Waals surface area contributed by atoms with Crippen LogP contribution in [-0.4, -0.2) is 43.0 Å². The molecule has 1 amide bonds. The Labute approximate surface area is 158 Å². The Morgan fingerprint density at radius 3 is 2.74 bits per heavy atom. The lowest BCUT2D eigenvalue weighted by molar-refractivity contribution is 0.0972. The first kappa shape index (κ1) is 18.8. The van der Waals surface area contributed by atoms with Crippen LogP contribution in [0.15, 0.2) is 39.7 Å². The quantitative estimate of drug-likeness (QED) is 0.542. The summed E-state index contributed by atoms with van der Waals surface area (Å²) in [6.07, 6.45) is 2.01. The average Bonchev–Trinajstić information content (AvgIpc) is 3.15. The number of furan rings is 1. The Bertz CT molecular complexity index is 808. The first-order valence-corrected chi connectivity index (χ1v) is 9.09. The van der Waals surface area contributed by atoms with E-state index >= 15 is 0 Å². The van der Waals surface area contributed by atoms with Crippen LogP contribution in [0.4, 0.5) is 5.82 Å². The van der Waals surface area contributed by atoms with Gasteiger partial charge in [-0.25, -0.2) is 4.98 Å². The first-order valence-electron chi connectivity index (χ1n) is 9.09. The first-order chi connectivity index (χ1) is 13.0. The van der Waals surface area contributed by atoms with Gasteiger partial charge in [-0.3, -0.25) is 9.79 Å². The molecule has 0 spiro atoms. The zero-order valence-electron chi connectivity index (χ0n) is 15.7. The summed E-state index contributed by atoms with van der Waals surface area (Å²) in [5.74, 6) is 1.97. The van der Waals surface area contributed by atoms with Crippen molar-refractivity contribution in [3.05, 3.63) is 47.5 Å². The highest BCUT2D eigenvalue weighted by Crippen LogP contribution is 2.18. The molecule has 3 heterocycles. The Kier molecular flexibility index (Phi) is 5.95. The van der Waals surface area contributed by atoms with Crippen molar-refractivity contribution in [2.45, 2.75) is 32.4 Å². The molecule has 0 atom stereocenters. The van der Waals surface area contributed by atoms with Crippen molar-refractivity contribution in [2.75, 3.05) is 25.0 Å².